The van der Waals surface area contributed by atoms with Gasteiger partial charge in [-0.2, -0.15) is 0 Å². The van der Waals surface area contributed by atoms with Crippen molar-refractivity contribution >= 4 is 10.0 Å². The van der Waals surface area contributed by atoms with Crippen LogP contribution in [0.3, 0.4) is 0 Å². The number of ether oxygens (including phenoxy) is 2. The topological polar surface area (TPSA) is 84.9 Å². The Balaban J connectivity index is 1.83. The van der Waals surface area contributed by atoms with Gasteiger partial charge in [0.05, 0.1) is 6.10 Å². The van der Waals surface area contributed by atoms with Gasteiger partial charge in [-0.15, -0.1) is 0 Å². The van der Waals surface area contributed by atoms with Crippen LogP contribution in [0.25, 0.3) is 0 Å². The van der Waals surface area contributed by atoms with Crippen molar-refractivity contribution in [2.24, 2.45) is 5.92 Å². The van der Waals surface area contributed by atoms with Crippen molar-refractivity contribution in [3.05, 3.63) is 18.2 Å². The van der Waals surface area contributed by atoms with Crippen molar-refractivity contribution in [1.82, 2.24) is 4.72 Å². The highest BCUT2D eigenvalue weighted by atomic mass is 32.2. The summed E-state index contributed by atoms with van der Waals surface area (Å²) >= 11 is 0. The molecule has 6 nitrogen and oxygen atoms in total. The molecule has 2 N–H and O–H groups in total. The summed E-state index contributed by atoms with van der Waals surface area (Å²) in [5, 5.41) is 9.42. The van der Waals surface area contributed by atoms with Crippen LogP contribution >= 0.6 is 0 Å². The zero-order valence-corrected chi connectivity index (χ0v) is 13.3. The van der Waals surface area contributed by atoms with Crippen molar-refractivity contribution < 1.29 is 23.0 Å². The van der Waals surface area contributed by atoms with Crippen LogP contribution in [0.4, 0.5) is 0 Å². The highest BCUT2D eigenvalue weighted by Crippen LogP contribution is 2.37. The highest BCUT2D eigenvalue weighted by molar-refractivity contribution is 7.89. The number of para-hydroxylation sites is 1. The van der Waals surface area contributed by atoms with E-state index in [0.29, 0.717) is 38.2 Å². The van der Waals surface area contributed by atoms with Gasteiger partial charge in [-0.05, 0) is 37.3 Å². The number of rotatable bonds is 5. The zero-order chi connectivity index (χ0) is 15.7. The molecule has 0 saturated heterocycles. The lowest BCUT2D eigenvalue weighted by molar-refractivity contribution is 0.0277. The molecule has 1 saturated carbocycles. The zero-order valence-electron chi connectivity index (χ0n) is 12.5. The predicted octanol–water partition coefficient (Wildman–Crippen LogP) is 1.29. The van der Waals surface area contributed by atoms with E-state index in [4.69, 9.17) is 9.47 Å². The molecular weight excluding hydrogens is 306 g/mol. The molecule has 1 aromatic carbocycles. The molecule has 1 unspecified atom stereocenters. The molecule has 122 valence electrons. The third-order valence-corrected chi connectivity index (χ3v) is 5.80. The molecule has 7 heteroatoms. The monoisotopic (exact) mass is 327 g/mol. The standard InChI is InChI=1S/C15H21NO5S/c1-2-12(10-8-11(17)9-10)16-22(18,19)14-5-3-4-13-15(14)21-7-6-20-13/h3-5,10-12,16-17H,2,6-9H2,1H3. The average molecular weight is 327 g/mol. The first-order valence-corrected chi connectivity index (χ1v) is 9.08. The van der Waals surface area contributed by atoms with E-state index in [-0.39, 0.29) is 28.7 Å². The normalized spacial score (nSPS) is 25.4. The Bertz CT molecular complexity index is 639. The fraction of sp³-hybridized carbons (Fsp3) is 0.600. The van der Waals surface area contributed by atoms with Crippen molar-refractivity contribution in [1.29, 1.82) is 0 Å². The number of sulfonamides is 1. The summed E-state index contributed by atoms with van der Waals surface area (Å²) in [4.78, 5) is 0.114. The fourth-order valence-corrected chi connectivity index (χ4v) is 4.54. The van der Waals surface area contributed by atoms with Gasteiger partial charge in [0.2, 0.25) is 10.0 Å². The van der Waals surface area contributed by atoms with Gasteiger partial charge in [0.25, 0.3) is 0 Å². The number of hydrogen-bond donors (Lipinski definition) is 2. The lowest BCUT2D eigenvalue weighted by Gasteiger charge is -2.37. The van der Waals surface area contributed by atoms with Crippen LogP contribution in [0.15, 0.2) is 23.1 Å². The van der Waals surface area contributed by atoms with Crippen LogP contribution in [0, 0.1) is 5.92 Å². The number of nitrogens with one attached hydrogen (secondary N) is 1. The van der Waals surface area contributed by atoms with Crippen molar-refractivity contribution in [3.8, 4) is 11.5 Å². The lowest BCUT2D eigenvalue weighted by Crippen LogP contribution is -2.46. The lowest BCUT2D eigenvalue weighted by atomic mass is 9.77. The summed E-state index contributed by atoms with van der Waals surface area (Å²) in [5.74, 6) is 0.928. The second-order valence-corrected chi connectivity index (χ2v) is 7.48. The molecule has 0 amide bonds. The van der Waals surface area contributed by atoms with Crippen molar-refractivity contribution in [3.63, 3.8) is 0 Å². The Morgan fingerprint density at radius 3 is 2.73 bits per heavy atom. The van der Waals surface area contributed by atoms with Gasteiger partial charge in [0.1, 0.15) is 18.1 Å². The molecule has 1 atom stereocenters. The smallest absolute Gasteiger partial charge is 0.244 e. The van der Waals surface area contributed by atoms with Crippen LogP contribution in [-0.2, 0) is 10.0 Å². The SMILES string of the molecule is CCC(NS(=O)(=O)c1cccc2c1OCCO2)C1CC(O)C1. The Labute approximate surface area is 130 Å². The first-order valence-electron chi connectivity index (χ1n) is 7.60. The Morgan fingerprint density at radius 1 is 1.32 bits per heavy atom. The molecule has 1 aliphatic heterocycles. The summed E-state index contributed by atoms with van der Waals surface area (Å²) in [5.41, 5.74) is 0. The molecule has 1 aromatic rings. The van der Waals surface area contributed by atoms with Gasteiger partial charge in [-0.25, -0.2) is 13.1 Å². The number of aliphatic hydroxyl groups is 1. The van der Waals surface area contributed by atoms with Gasteiger partial charge < -0.3 is 14.6 Å². The van der Waals surface area contributed by atoms with Crippen LogP contribution in [0.2, 0.25) is 0 Å². The maximum Gasteiger partial charge on any atom is 0.244 e. The summed E-state index contributed by atoms with van der Waals surface area (Å²) in [7, 11) is -3.69. The molecule has 3 rings (SSSR count). The van der Waals surface area contributed by atoms with Crippen LogP contribution < -0.4 is 14.2 Å². The van der Waals surface area contributed by atoms with E-state index in [9.17, 15) is 13.5 Å². The van der Waals surface area contributed by atoms with E-state index < -0.39 is 10.0 Å². The highest BCUT2D eigenvalue weighted by Gasteiger charge is 2.36. The third-order valence-electron chi connectivity index (χ3n) is 4.28. The molecule has 0 spiro atoms. The Morgan fingerprint density at radius 2 is 2.05 bits per heavy atom. The van der Waals surface area contributed by atoms with Crippen LogP contribution in [0.1, 0.15) is 26.2 Å². The molecule has 1 aliphatic carbocycles. The van der Waals surface area contributed by atoms with E-state index in [2.05, 4.69) is 4.72 Å². The number of benzene rings is 1. The maximum absolute atomic E-state index is 12.7. The largest absolute Gasteiger partial charge is 0.486 e. The first-order chi connectivity index (χ1) is 10.5. The minimum absolute atomic E-state index is 0.114. The molecule has 1 fully saturated rings. The summed E-state index contributed by atoms with van der Waals surface area (Å²) in [6.07, 6.45) is 1.68. The molecule has 2 aliphatic rings. The van der Waals surface area contributed by atoms with Crippen molar-refractivity contribution in [2.75, 3.05) is 13.2 Å². The third kappa shape index (κ3) is 2.93. The van der Waals surface area contributed by atoms with E-state index >= 15 is 0 Å². The molecule has 0 aromatic heterocycles. The molecule has 1 heterocycles. The Kier molecular flexibility index (Phi) is 4.29. The minimum atomic E-state index is -3.69. The maximum atomic E-state index is 12.7. The van der Waals surface area contributed by atoms with E-state index in [0.717, 1.165) is 0 Å². The van der Waals surface area contributed by atoms with E-state index in [1.807, 2.05) is 6.92 Å². The number of aliphatic hydroxyl groups excluding tert-OH is 1. The van der Waals surface area contributed by atoms with E-state index in [1.54, 1.807) is 12.1 Å². The quantitative estimate of drug-likeness (QED) is 0.851. The molecule has 0 bridgehead atoms. The molecule has 0 radical (unpaired) electrons. The Hall–Kier alpha value is -1.31. The second-order valence-electron chi connectivity index (χ2n) is 5.80. The average Bonchev–Trinajstić information content (AvgIpc) is 2.49. The number of fused-ring (bicyclic) bond motifs is 1. The summed E-state index contributed by atoms with van der Waals surface area (Å²) in [6, 6.07) is 4.70. The van der Waals surface area contributed by atoms with Crippen LogP contribution in [0.5, 0.6) is 11.5 Å². The van der Waals surface area contributed by atoms with Gasteiger partial charge in [0.15, 0.2) is 11.5 Å². The predicted molar refractivity (Wildman–Crippen MR) is 80.6 cm³/mol. The molecule has 22 heavy (non-hydrogen) atoms. The van der Waals surface area contributed by atoms with Gasteiger partial charge in [0, 0.05) is 6.04 Å². The first kappa shape index (κ1) is 15.6. The minimum Gasteiger partial charge on any atom is -0.486 e. The van der Waals surface area contributed by atoms with Gasteiger partial charge in [-0.1, -0.05) is 13.0 Å². The van der Waals surface area contributed by atoms with Crippen molar-refractivity contribution in [2.45, 2.75) is 43.2 Å². The van der Waals surface area contributed by atoms with Gasteiger partial charge in [-0.3, -0.25) is 0 Å². The van der Waals surface area contributed by atoms with Crippen LogP contribution in [-0.4, -0.2) is 38.9 Å². The second kappa shape index (κ2) is 6.06. The summed E-state index contributed by atoms with van der Waals surface area (Å²) in [6.45, 7) is 2.70. The van der Waals surface area contributed by atoms with Gasteiger partial charge >= 0.3 is 0 Å². The van der Waals surface area contributed by atoms with E-state index in [1.165, 1.54) is 6.07 Å². The fourth-order valence-electron chi connectivity index (χ4n) is 2.99. The summed E-state index contributed by atoms with van der Waals surface area (Å²) < 4.78 is 39.1. The molecular formula is C15H21NO5S. The number of hydrogen-bond acceptors (Lipinski definition) is 5.